The van der Waals surface area contributed by atoms with Crippen LogP contribution in [0.2, 0.25) is 0 Å². The van der Waals surface area contributed by atoms with Crippen molar-refractivity contribution in [3.63, 3.8) is 0 Å². The molecule has 0 radical (unpaired) electrons. The van der Waals surface area contributed by atoms with E-state index in [-0.39, 0.29) is 87.1 Å². The Hall–Kier alpha value is -2.76. The van der Waals surface area contributed by atoms with Crippen molar-refractivity contribution in [1.82, 2.24) is 4.90 Å². The monoisotopic (exact) mass is 760 g/mol. The van der Waals surface area contributed by atoms with E-state index in [2.05, 4.69) is 15.2 Å². The summed E-state index contributed by atoms with van der Waals surface area (Å²) in [6.45, 7) is 10.6. The van der Waals surface area contributed by atoms with E-state index in [9.17, 15) is 40.0 Å². The summed E-state index contributed by atoms with van der Waals surface area (Å²) in [5, 5.41) is 3.28. The molecule has 3 aromatic carbocycles. The van der Waals surface area contributed by atoms with Crippen LogP contribution in [0.1, 0.15) is 93.0 Å². The van der Waals surface area contributed by atoms with Gasteiger partial charge in [-0.3, -0.25) is 14.5 Å². The van der Waals surface area contributed by atoms with Crippen molar-refractivity contribution >= 4 is 22.0 Å². The van der Waals surface area contributed by atoms with Crippen LogP contribution in [0.25, 0.3) is 5.43 Å². The quantitative estimate of drug-likeness (QED) is 0.0961. The predicted octanol–water partition coefficient (Wildman–Crippen LogP) is 6.07. The van der Waals surface area contributed by atoms with Crippen molar-refractivity contribution in [2.45, 2.75) is 94.8 Å². The van der Waals surface area contributed by atoms with Gasteiger partial charge in [-0.2, -0.15) is 13.2 Å². The average Bonchev–Trinajstić information content (AvgIpc) is 3.37. The minimum atomic E-state index is -5.40. The molecule has 9 nitrogen and oxygen atoms in total. The molecule has 4 rings (SSSR count). The summed E-state index contributed by atoms with van der Waals surface area (Å²) in [5.74, 6) is -8.01. The van der Waals surface area contributed by atoms with Gasteiger partial charge in [0.25, 0.3) is 0 Å². The van der Waals surface area contributed by atoms with Gasteiger partial charge in [-0.1, -0.05) is 84.0 Å². The molecule has 0 spiro atoms. The molecule has 51 heavy (non-hydrogen) atoms. The minimum Gasteiger partial charge on any atom is -0.447 e. The molecule has 0 bridgehead atoms. The van der Waals surface area contributed by atoms with E-state index in [1.807, 2.05) is 13.8 Å². The van der Waals surface area contributed by atoms with Crippen molar-refractivity contribution in [2.24, 2.45) is 9.74 Å². The number of hydrogen-bond donors (Lipinski definition) is 0. The summed E-state index contributed by atoms with van der Waals surface area (Å²) in [4.78, 5) is 27.1. The van der Waals surface area contributed by atoms with Crippen molar-refractivity contribution in [3.8, 4) is 0 Å². The maximum Gasteiger partial charge on any atom is 1.00 e. The standard InChI is InChI=1S/C35H38F5N4O5S.K/c1-19(2)23-15-28(20(3)4)32(29(16-23)21(5)6)50(47,48)43-42-41-31(30(35(38,39)40)24-13-25(36)17-26(37)14-24)33(45)44-27(18-49-34(44)46)12-22-10-8-7-9-11-22;/h7-11,13-17,19-21,27,30-31H,12,18H2,1-6H3;/q-1;+1/t27-,30+,31-;/m0./s1. The smallest absolute Gasteiger partial charge is 0.447 e. The summed E-state index contributed by atoms with van der Waals surface area (Å²) in [5.41, 5.74) is 4.71. The normalized spacial score (nSPS) is 16.5. The molecule has 1 aliphatic rings. The number of cyclic esters (lactones) is 1. The molecule has 1 aliphatic heterocycles. The second-order valence-electron chi connectivity index (χ2n) is 13.0. The van der Waals surface area contributed by atoms with Crippen LogP contribution in [0.4, 0.5) is 26.7 Å². The SMILES string of the molecule is CC(C)c1cc(C(C)C)c(S(=O)(=O)/N=N/[N-][C@H](C(=O)N2C(=O)OC[C@@H]2Cc2ccccc2)[C@@H](c2cc(F)cc(F)c2)C(F)(F)F)c(C(C)C)c1.[K+]. The predicted molar refractivity (Wildman–Crippen MR) is 175 cm³/mol. The molecule has 0 aromatic heterocycles. The van der Waals surface area contributed by atoms with Crippen LogP contribution in [-0.4, -0.2) is 50.2 Å². The Balaban J connectivity index is 0.00000702. The molecule has 3 aromatic rings. The number of hydrogen-bond acceptors (Lipinski definition) is 6. The molecular formula is C35H38F5KN4O5S. The number of carbonyl (C=O) groups excluding carboxylic acids is 2. The molecule has 1 heterocycles. The summed E-state index contributed by atoms with van der Waals surface area (Å²) < 4.78 is 109. The Bertz CT molecular complexity index is 1810. The Morgan fingerprint density at radius 1 is 0.902 bits per heavy atom. The average molecular weight is 761 g/mol. The number of carbonyl (C=O) groups is 2. The number of rotatable bonds is 12. The molecule has 3 atom stereocenters. The third-order valence-corrected chi connectivity index (χ3v) is 9.61. The van der Waals surface area contributed by atoms with Crippen LogP contribution < -0.4 is 51.4 Å². The molecule has 2 amide bonds. The third-order valence-electron chi connectivity index (χ3n) is 8.34. The third kappa shape index (κ3) is 10.2. The molecule has 1 saturated heterocycles. The zero-order valence-electron chi connectivity index (χ0n) is 29.3. The van der Waals surface area contributed by atoms with Crippen LogP contribution in [0.5, 0.6) is 0 Å². The molecular weight excluding hydrogens is 723 g/mol. The number of benzene rings is 3. The van der Waals surface area contributed by atoms with Gasteiger partial charge in [0, 0.05) is 6.07 Å². The molecule has 270 valence electrons. The van der Waals surface area contributed by atoms with Crippen molar-refractivity contribution < 1.29 is 96.1 Å². The summed E-state index contributed by atoms with van der Waals surface area (Å²) in [6.07, 6.45) is -6.69. The van der Waals surface area contributed by atoms with E-state index in [0.29, 0.717) is 39.8 Å². The second-order valence-corrected chi connectivity index (χ2v) is 14.6. The van der Waals surface area contributed by atoms with Crippen LogP contribution >= 0.6 is 0 Å². The zero-order valence-corrected chi connectivity index (χ0v) is 33.2. The van der Waals surface area contributed by atoms with E-state index in [4.69, 9.17) is 4.74 Å². The van der Waals surface area contributed by atoms with Gasteiger partial charge in [0.2, 0.25) is 15.9 Å². The second kappa shape index (κ2) is 17.4. The topological polar surface area (TPSA) is 120 Å². The maximum atomic E-state index is 14.8. The van der Waals surface area contributed by atoms with Crippen LogP contribution in [-0.2, 0) is 26.0 Å². The molecule has 1 fully saturated rings. The van der Waals surface area contributed by atoms with Gasteiger partial charge in [-0.25, -0.2) is 26.9 Å². The number of nitrogens with zero attached hydrogens (tertiary/aromatic N) is 4. The largest absolute Gasteiger partial charge is 1.00 e. The van der Waals surface area contributed by atoms with E-state index in [1.54, 1.807) is 70.2 Å². The van der Waals surface area contributed by atoms with E-state index in [0.717, 1.165) is 5.56 Å². The molecule has 0 aliphatic carbocycles. The van der Waals surface area contributed by atoms with Gasteiger partial charge in [-0.15, -0.1) is 0 Å². The first-order chi connectivity index (χ1) is 23.3. The summed E-state index contributed by atoms with van der Waals surface area (Å²) in [6, 6.07) is 9.12. The Labute approximate surface area is 336 Å². The Morgan fingerprint density at radius 2 is 1.45 bits per heavy atom. The van der Waals surface area contributed by atoms with E-state index in [1.165, 1.54) is 0 Å². The Morgan fingerprint density at radius 3 is 1.94 bits per heavy atom. The summed E-state index contributed by atoms with van der Waals surface area (Å²) >= 11 is 0. The molecule has 16 heteroatoms. The van der Waals surface area contributed by atoms with Gasteiger partial charge >= 0.3 is 63.7 Å². The van der Waals surface area contributed by atoms with E-state index >= 15 is 0 Å². The maximum absolute atomic E-state index is 14.8. The van der Waals surface area contributed by atoms with Gasteiger partial charge in [0.1, 0.15) is 18.2 Å². The number of imide groups is 1. The van der Waals surface area contributed by atoms with Crippen molar-refractivity contribution in [1.29, 1.82) is 0 Å². The first-order valence-electron chi connectivity index (χ1n) is 15.9. The fourth-order valence-corrected chi connectivity index (χ4v) is 7.23. The number of alkyl halides is 3. The molecule has 0 unspecified atom stereocenters. The molecule has 0 N–H and O–H groups in total. The minimum absolute atomic E-state index is 0. The van der Waals surface area contributed by atoms with Crippen LogP contribution in [0, 0.1) is 11.6 Å². The summed E-state index contributed by atoms with van der Waals surface area (Å²) in [7, 11) is -4.75. The van der Waals surface area contributed by atoms with Crippen molar-refractivity contribution in [3.05, 3.63) is 106 Å². The zero-order chi connectivity index (χ0) is 37.1. The van der Waals surface area contributed by atoms with Crippen molar-refractivity contribution in [2.75, 3.05) is 6.61 Å². The fourth-order valence-electron chi connectivity index (χ4n) is 5.83. The first-order valence-corrected chi connectivity index (χ1v) is 17.4. The number of sulfonamides is 1. The molecule has 0 saturated carbocycles. The Kier molecular flexibility index (Phi) is 14.5. The van der Waals surface area contributed by atoms with Gasteiger partial charge in [0.05, 0.1) is 22.9 Å². The van der Waals surface area contributed by atoms with Gasteiger partial charge in [0.15, 0.2) is 0 Å². The number of amides is 2. The van der Waals surface area contributed by atoms with Gasteiger partial charge in [-0.05, 0) is 64.1 Å². The number of halogens is 5. The van der Waals surface area contributed by atoms with Crippen LogP contribution in [0.3, 0.4) is 0 Å². The van der Waals surface area contributed by atoms with Gasteiger partial charge < -0.3 is 10.2 Å². The first kappa shape index (κ1) is 42.6. The number of ether oxygens (including phenoxy) is 1. The van der Waals surface area contributed by atoms with Crippen LogP contribution in [0.15, 0.2) is 75.3 Å². The van der Waals surface area contributed by atoms with E-state index < -0.39 is 63.4 Å². The fraction of sp³-hybridized carbons (Fsp3) is 0.429.